The van der Waals surface area contributed by atoms with E-state index in [0.717, 1.165) is 17.7 Å². The predicted molar refractivity (Wildman–Crippen MR) is 90.9 cm³/mol. The average molecular weight is 371 g/mol. The summed E-state index contributed by atoms with van der Waals surface area (Å²) in [7, 11) is 0. The summed E-state index contributed by atoms with van der Waals surface area (Å²) in [6, 6.07) is 2.33. The number of nitrogens with zero attached hydrogens (tertiary/aromatic N) is 1. The van der Waals surface area contributed by atoms with Crippen LogP contribution in [0.3, 0.4) is 0 Å². The van der Waals surface area contributed by atoms with Gasteiger partial charge < -0.3 is 16.4 Å². The lowest BCUT2D eigenvalue weighted by atomic mass is 9.96. The zero-order chi connectivity index (χ0) is 17.6. The molecule has 1 unspecified atom stereocenters. The first kappa shape index (κ1) is 16.9. The number of amides is 4. The van der Waals surface area contributed by atoms with Crippen LogP contribution in [0.2, 0.25) is 10.0 Å². The van der Waals surface area contributed by atoms with E-state index in [9.17, 15) is 14.4 Å². The van der Waals surface area contributed by atoms with Crippen LogP contribution in [0.15, 0.2) is 12.1 Å². The third kappa shape index (κ3) is 2.89. The number of carbonyl (C=O) groups is 3. The molecule has 2 aliphatic rings. The molecule has 0 bridgehead atoms. The predicted octanol–water partition coefficient (Wildman–Crippen LogP) is 2.23. The molecule has 1 aliphatic heterocycles. The van der Waals surface area contributed by atoms with Gasteiger partial charge in [-0.05, 0) is 37.8 Å². The number of anilines is 2. The Balaban J connectivity index is 1.69. The van der Waals surface area contributed by atoms with Crippen molar-refractivity contribution in [3.05, 3.63) is 22.2 Å². The second-order valence-corrected chi connectivity index (χ2v) is 7.01. The van der Waals surface area contributed by atoms with Gasteiger partial charge in [0.25, 0.3) is 5.91 Å². The highest BCUT2D eigenvalue weighted by molar-refractivity contribution is 6.39. The zero-order valence-electron chi connectivity index (χ0n) is 12.9. The molecule has 1 saturated carbocycles. The van der Waals surface area contributed by atoms with Crippen molar-refractivity contribution in [2.45, 2.75) is 25.3 Å². The Morgan fingerprint density at radius 1 is 1.38 bits per heavy atom. The van der Waals surface area contributed by atoms with Gasteiger partial charge in [0.1, 0.15) is 12.1 Å². The molecular weight excluding hydrogens is 355 g/mol. The maximum Gasteiger partial charge on any atom is 0.325 e. The van der Waals surface area contributed by atoms with E-state index in [-0.39, 0.29) is 34.1 Å². The molecule has 128 valence electrons. The second-order valence-electron chi connectivity index (χ2n) is 6.20. The summed E-state index contributed by atoms with van der Waals surface area (Å²) in [5.74, 6) is -0.773. The Bertz CT molecular complexity index is 727. The molecule has 0 radical (unpaired) electrons. The summed E-state index contributed by atoms with van der Waals surface area (Å²) in [6.45, 7) is 1.31. The maximum atomic E-state index is 12.5. The maximum absolute atomic E-state index is 12.5. The largest absolute Gasteiger partial charge is 0.396 e. The molecule has 3 rings (SSSR count). The van der Waals surface area contributed by atoms with Crippen molar-refractivity contribution < 1.29 is 14.4 Å². The lowest BCUT2D eigenvalue weighted by Gasteiger charge is -2.20. The number of hydrogen-bond donors (Lipinski definition) is 3. The molecule has 1 aromatic carbocycles. The van der Waals surface area contributed by atoms with Crippen LogP contribution in [-0.2, 0) is 9.59 Å². The topological polar surface area (TPSA) is 105 Å². The van der Waals surface area contributed by atoms with Gasteiger partial charge in [-0.15, -0.1) is 0 Å². The molecule has 4 amide bonds. The van der Waals surface area contributed by atoms with E-state index < -0.39 is 17.5 Å². The highest BCUT2D eigenvalue weighted by Gasteiger charge is 2.56. The molecule has 7 nitrogen and oxygen atoms in total. The van der Waals surface area contributed by atoms with E-state index >= 15 is 0 Å². The van der Waals surface area contributed by atoms with Gasteiger partial charge >= 0.3 is 6.03 Å². The molecule has 1 saturated heterocycles. The van der Waals surface area contributed by atoms with Crippen LogP contribution < -0.4 is 16.4 Å². The molecule has 2 fully saturated rings. The number of imide groups is 1. The molecule has 1 aromatic rings. The highest BCUT2D eigenvalue weighted by atomic mass is 35.5. The Morgan fingerprint density at radius 3 is 2.50 bits per heavy atom. The van der Waals surface area contributed by atoms with Crippen molar-refractivity contribution >= 4 is 52.4 Å². The van der Waals surface area contributed by atoms with Crippen molar-refractivity contribution in [3.8, 4) is 0 Å². The first-order valence-electron chi connectivity index (χ1n) is 7.41. The van der Waals surface area contributed by atoms with Crippen LogP contribution in [-0.4, -0.2) is 34.8 Å². The third-order valence-corrected chi connectivity index (χ3v) is 4.98. The van der Waals surface area contributed by atoms with E-state index in [1.807, 2.05) is 0 Å². The molecule has 0 spiro atoms. The summed E-state index contributed by atoms with van der Waals surface area (Å²) >= 11 is 11.8. The number of nitrogens with two attached hydrogens (primary N) is 1. The Kier molecular flexibility index (Phi) is 4.09. The number of hydrogen-bond acceptors (Lipinski definition) is 4. The van der Waals surface area contributed by atoms with Gasteiger partial charge in [-0.1, -0.05) is 23.2 Å². The molecule has 0 aromatic heterocycles. The number of rotatable bonds is 4. The molecule has 1 aliphatic carbocycles. The van der Waals surface area contributed by atoms with Gasteiger partial charge in [0, 0.05) is 5.69 Å². The normalized spacial score (nSPS) is 23.4. The molecule has 24 heavy (non-hydrogen) atoms. The number of halogens is 2. The fourth-order valence-electron chi connectivity index (χ4n) is 2.80. The van der Waals surface area contributed by atoms with Crippen LogP contribution in [0.5, 0.6) is 0 Å². The molecule has 1 atom stereocenters. The molecule has 9 heteroatoms. The van der Waals surface area contributed by atoms with E-state index in [4.69, 9.17) is 28.9 Å². The van der Waals surface area contributed by atoms with Crippen LogP contribution >= 0.6 is 23.2 Å². The van der Waals surface area contributed by atoms with E-state index in [0.29, 0.717) is 5.69 Å². The number of carbonyl (C=O) groups excluding carboxylic acids is 3. The smallest absolute Gasteiger partial charge is 0.325 e. The number of nitrogens with one attached hydrogen (secondary N) is 2. The first-order valence-corrected chi connectivity index (χ1v) is 8.16. The molecular formula is C15H16Cl2N4O3. The SMILES string of the molecule is CC1(C2CC2)NC(=O)N(CC(=O)Nc2cc(Cl)c(N)c(Cl)c2)C1=O. The van der Waals surface area contributed by atoms with Crippen LogP contribution in [0.1, 0.15) is 19.8 Å². The van der Waals surface area contributed by atoms with Gasteiger partial charge in [0.05, 0.1) is 15.7 Å². The number of benzene rings is 1. The fourth-order valence-corrected chi connectivity index (χ4v) is 3.28. The van der Waals surface area contributed by atoms with Crippen molar-refractivity contribution in [1.82, 2.24) is 10.2 Å². The van der Waals surface area contributed by atoms with Crippen molar-refractivity contribution in [3.63, 3.8) is 0 Å². The fraction of sp³-hybridized carbons (Fsp3) is 0.400. The van der Waals surface area contributed by atoms with Crippen molar-refractivity contribution in [2.75, 3.05) is 17.6 Å². The number of urea groups is 1. The lowest BCUT2D eigenvalue weighted by molar-refractivity contribution is -0.134. The van der Waals surface area contributed by atoms with E-state index in [1.165, 1.54) is 12.1 Å². The zero-order valence-corrected chi connectivity index (χ0v) is 14.4. The minimum Gasteiger partial charge on any atom is -0.396 e. The van der Waals surface area contributed by atoms with E-state index in [2.05, 4.69) is 10.6 Å². The van der Waals surface area contributed by atoms with Gasteiger partial charge in [0.15, 0.2) is 0 Å². The summed E-state index contributed by atoms with van der Waals surface area (Å²) in [6.07, 6.45) is 1.79. The summed E-state index contributed by atoms with van der Waals surface area (Å²) < 4.78 is 0. The average Bonchev–Trinajstić information content (AvgIpc) is 3.31. The van der Waals surface area contributed by atoms with Crippen molar-refractivity contribution in [1.29, 1.82) is 0 Å². The summed E-state index contributed by atoms with van der Waals surface area (Å²) in [5, 5.41) is 5.65. The number of nitrogen functional groups attached to an aromatic ring is 1. The van der Waals surface area contributed by atoms with Gasteiger partial charge in [-0.25, -0.2) is 4.79 Å². The van der Waals surface area contributed by atoms with Crippen LogP contribution in [0.25, 0.3) is 0 Å². The Hall–Kier alpha value is -1.99. The second kappa shape index (κ2) is 5.82. The minimum absolute atomic E-state index is 0.136. The Labute approximate surface area is 148 Å². The monoisotopic (exact) mass is 370 g/mol. The molecule has 1 heterocycles. The highest BCUT2D eigenvalue weighted by Crippen LogP contribution is 2.42. The first-order chi connectivity index (χ1) is 11.2. The van der Waals surface area contributed by atoms with Gasteiger partial charge in [-0.3, -0.25) is 14.5 Å². The molecule has 4 N–H and O–H groups in total. The third-order valence-electron chi connectivity index (χ3n) is 4.36. The standard InChI is InChI=1S/C15H16Cl2N4O3/c1-15(7-2-3-7)13(23)21(14(24)20-15)6-11(22)19-8-4-9(16)12(18)10(17)5-8/h4-5,7H,2-3,6,18H2,1H3,(H,19,22)(H,20,24). The lowest BCUT2D eigenvalue weighted by Crippen LogP contribution is -2.46. The van der Waals surface area contributed by atoms with Gasteiger partial charge in [-0.2, -0.15) is 0 Å². The minimum atomic E-state index is -0.912. The van der Waals surface area contributed by atoms with Gasteiger partial charge in [0.2, 0.25) is 5.91 Å². The van der Waals surface area contributed by atoms with E-state index in [1.54, 1.807) is 6.92 Å². The Morgan fingerprint density at radius 2 is 1.96 bits per heavy atom. The summed E-state index contributed by atoms with van der Waals surface area (Å²) in [5.41, 5.74) is 5.27. The van der Waals surface area contributed by atoms with Crippen LogP contribution in [0, 0.1) is 5.92 Å². The van der Waals surface area contributed by atoms with Crippen LogP contribution in [0.4, 0.5) is 16.2 Å². The van der Waals surface area contributed by atoms with Crippen molar-refractivity contribution in [2.24, 2.45) is 5.92 Å². The quantitative estimate of drug-likeness (QED) is 0.558. The summed E-state index contributed by atoms with van der Waals surface area (Å²) in [4.78, 5) is 37.6.